The summed E-state index contributed by atoms with van der Waals surface area (Å²) in [6.45, 7) is 1.84. The number of aliphatic hydroxyl groups is 1. The minimum absolute atomic E-state index is 0.107. The summed E-state index contributed by atoms with van der Waals surface area (Å²) in [4.78, 5) is 0. The molecule has 0 aromatic heterocycles. The van der Waals surface area contributed by atoms with Crippen LogP contribution in [0.4, 0.5) is 0 Å². The first kappa shape index (κ1) is 9.74. The highest BCUT2D eigenvalue weighted by molar-refractivity contribution is 5.99. The van der Waals surface area contributed by atoms with Gasteiger partial charge in [-0.2, -0.15) is 0 Å². The fourth-order valence-electron chi connectivity index (χ4n) is 1.27. The number of nitrogens with zero attached hydrogens (tertiary/aromatic N) is 1. The first-order chi connectivity index (χ1) is 6.29. The minimum Gasteiger partial charge on any atom is -0.411 e. The Morgan fingerprint density at radius 1 is 1.38 bits per heavy atom. The zero-order valence-corrected chi connectivity index (χ0v) is 7.57. The highest BCUT2D eigenvalue weighted by Gasteiger charge is 2.03. The van der Waals surface area contributed by atoms with Gasteiger partial charge >= 0.3 is 0 Å². The number of hydrogen-bond donors (Lipinski definition) is 2. The topological polar surface area (TPSA) is 52.8 Å². The van der Waals surface area contributed by atoms with Crippen molar-refractivity contribution in [3.8, 4) is 0 Å². The lowest BCUT2D eigenvalue weighted by atomic mass is 10.0. The first-order valence-corrected chi connectivity index (χ1v) is 4.17. The molecule has 0 aliphatic carbocycles. The Bertz CT molecular complexity index is 308. The number of oxime groups is 1. The van der Waals surface area contributed by atoms with Crippen molar-refractivity contribution in [3.63, 3.8) is 0 Å². The predicted octanol–water partition coefficient (Wildman–Crippen LogP) is 1.42. The van der Waals surface area contributed by atoms with E-state index in [1.165, 1.54) is 0 Å². The zero-order chi connectivity index (χ0) is 9.68. The van der Waals surface area contributed by atoms with Gasteiger partial charge in [-0.15, -0.1) is 0 Å². The molecule has 0 aliphatic heterocycles. The van der Waals surface area contributed by atoms with E-state index in [1.54, 1.807) is 6.92 Å². The second kappa shape index (κ2) is 4.62. The van der Waals surface area contributed by atoms with Gasteiger partial charge in [-0.25, -0.2) is 0 Å². The molecule has 1 aromatic rings. The lowest BCUT2D eigenvalue weighted by Gasteiger charge is -2.05. The molecular weight excluding hydrogens is 166 g/mol. The smallest absolute Gasteiger partial charge is 0.0839 e. The van der Waals surface area contributed by atoms with Gasteiger partial charge < -0.3 is 10.3 Å². The van der Waals surface area contributed by atoms with Crippen molar-refractivity contribution < 1.29 is 10.3 Å². The van der Waals surface area contributed by atoms with Crippen molar-refractivity contribution >= 4 is 5.71 Å². The lowest BCUT2D eigenvalue weighted by Crippen LogP contribution is -2.02. The Morgan fingerprint density at radius 3 is 2.69 bits per heavy atom. The van der Waals surface area contributed by atoms with E-state index in [0.29, 0.717) is 12.1 Å². The SMILES string of the molecule is C/C(=N/O)c1ccccc1CCO. The summed E-state index contributed by atoms with van der Waals surface area (Å²) < 4.78 is 0. The van der Waals surface area contributed by atoms with Gasteiger partial charge in [-0.1, -0.05) is 29.4 Å². The van der Waals surface area contributed by atoms with Gasteiger partial charge in [0.1, 0.15) is 0 Å². The molecule has 0 saturated heterocycles. The summed E-state index contributed by atoms with van der Waals surface area (Å²) >= 11 is 0. The molecule has 0 aliphatic rings. The standard InChI is InChI=1S/C10H13NO2/c1-8(11-13)10-5-3-2-4-9(10)6-7-12/h2-5,12-13H,6-7H2,1H3/b11-8-. The van der Waals surface area contributed by atoms with E-state index in [1.807, 2.05) is 24.3 Å². The highest BCUT2D eigenvalue weighted by atomic mass is 16.4. The van der Waals surface area contributed by atoms with Crippen molar-refractivity contribution in [2.24, 2.45) is 5.16 Å². The van der Waals surface area contributed by atoms with E-state index in [0.717, 1.165) is 11.1 Å². The van der Waals surface area contributed by atoms with Gasteiger partial charge in [0.2, 0.25) is 0 Å². The first-order valence-electron chi connectivity index (χ1n) is 4.17. The Kier molecular flexibility index (Phi) is 3.46. The van der Waals surface area contributed by atoms with E-state index in [4.69, 9.17) is 10.3 Å². The van der Waals surface area contributed by atoms with Crippen LogP contribution in [0.25, 0.3) is 0 Å². The lowest BCUT2D eigenvalue weighted by molar-refractivity contribution is 0.299. The Labute approximate surface area is 77.3 Å². The highest BCUT2D eigenvalue weighted by Crippen LogP contribution is 2.10. The van der Waals surface area contributed by atoms with Crippen LogP contribution in [0, 0.1) is 0 Å². The summed E-state index contributed by atoms with van der Waals surface area (Å²) in [7, 11) is 0. The second-order valence-electron chi connectivity index (χ2n) is 2.82. The number of hydrogen-bond acceptors (Lipinski definition) is 3. The van der Waals surface area contributed by atoms with Gasteiger partial charge in [0.05, 0.1) is 5.71 Å². The maximum Gasteiger partial charge on any atom is 0.0839 e. The van der Waals surface area contributed by atoms with Gasteiger partial charge in [-0.05, 0) is 18.9 Å². The van der Waals surface area contributed by atoms with E-state index in [2.05, 4.69) is 5.16 Å². The summed E-state index contributed by atoms with van der Waals surface area (Å²) in [6.07, 6.45) is 0.586. The Balaban J connectivity index is 3.04. The quantitative estimate of drug-likeness (QED) is 0.419. The summed E-state index contributed by atoms with van der Waals surface area (Å²) in [5, 5.41) is 20.5. The molecular formula is C10H13NO2. The third kappa shape index (κ3) is 2.29. The second-order valence-corrected chi connectivity index (χ2v) is 2.82. The molecule has 0 fully saturated rings. The molecule has 3 nitrogen and oxygen atoms in total. The van der Waals surface area contributed by atoms with Crippen LogP contribution in [0.15, 0.2) is 29.4 Å². The molecule has 3 heteroatoms. The predicted molar refractivity (Wildman–Crippen MR) is 51.2 cm³/mol. The average molecular weight is 179 g/mol. The van der Waals surface area contributed by atoms with Crippen LogP contribution in [0.5, 0.6) is 0 Å². The van der Waals surface area contributed by atoms with Gasteiger partial charge in [0.25, 0.3) is 0 Å². The number of benzene rings is 1. The van der Waals surface area contributed by atoms with Crippen molar-refractivity contribution in [1.82, 2.24) is 0 Å². The Morgan fingerprint density at radius 2 is 2.08 bits per heavy atom. The molecule has 0 amide bonds. The maximum atomic E-state index is 8.80. The summed E-state index contributed by atoms with van der Waals surface area (Å²) in [5.41, 5.74) is 2.46. The zero-order valence-electron chi connectivity index (χ0n) is 7.57. The van der Waals surface area contributed by atoms with Crippen molar-refractivity contribution in [3.05, 3.63) is 35.4 Å². The van der Waals surface area contributed by atoms with E-state index in [9.17, 15) is 0 Å². The molecule has 1 aromatic carbocycles. The largest absolute Gasteiger partial charge is 0.411 e. The van der Waals surface area contributed by atoms with Crippen LogP contribution >= 0.6 is 0 Å². The van der Waals surface area contributed by atoms with Crippen LogP contribution in [0.3, 0.4) is 0 Å². The summed E-state index contributed by atoms with van der Waals surface area (Å²) in [6, 6.07) is 7.57. The molecule has 70 valence electrons. The third-order valence-electron chi connectivity index (χ3n) is 1.94. The minimum atomic E-state index is 0.107. The third-order valence-corrected chi connectivity index (χ3v) is 1.94. The van der Waals surface area contributed by atoms with Gasteiger partial charge in [0, 0.05) is 12.2 Å². The molecule has 0 atom stereocenters. The molecule has 1 rings (SSSR count). The van der Waals surface area contributed by atoms with E-state index >= 15 is 0 Å². The van der Waals surface area contributed by atoms with Crippen LogP contribution < -0.4 is 0 Å². The van der Waals surface area contributed by atoms with Gasteiger partial charge in [-0.3, -0.25) is 0 Å². The van der Waals surface area contributed by atoms with E-state index < -0.39 is 0 Å². The monoisotopic (exact) mass is 179 g/mol. The van der Waals surface area contributed by atoms with Crippen molar-refractivity contribution in [1.29, 1.82) is 0 Å². The van der Waals surface area contributed by atoms with Crippen LogP contribution in [0.1, 0.15) is 18.1 Å². The van der Waals surface area contributed by atoms with Gasteiger partial charge in [0.15, 0.2) is 0 Å². The van der Waals surface area contributed by atoms with Crippen molar-refractivity contribution in [2.75, 3.05) is 6.61 Å². The average Bonchev–Trinajstić information content (AvgIpc) is 2.18. The maximum absolute atomic E-state index is 8.80. The Hall–Kier alpha value is -1.35. The van der Waals surface area contributed by atoms with Crippen LogP contribution in [-0.4, -0.2) is 22.6 Å². The fraction of sp³-hybridized carbons (Fsp3) is 0.300. The molecule has 2 N–H and O–H groups in total. The fourth-order valence-corrected chi connectivity index (χ4v) is 1.27. The van der Waals surface area contributed by atoms with Crippen molar-refractivity contribution in [2.45, 2.75) is 13.3 Å². The normalized spacial score (nSPS) is 11.7. The molecule has 0 unspecified atom stereocenters. The molecule has 0 radical (unpaired) electrons. The molecule has 0 spiro atoms. The molecule has 0 saturated carbocycles. The van der Waals surface area contributed by atoms with Crippen LogP contribution in [0.2, 0.25) is 0 Å². The van der Waals surface area contributed by atoms with Crippen LogP contribution in [-0.2, 0) is 6.42 Å². The molecule has 0 heterocycles. The summed E-state index contributed by atoms with van der Waals surface area (Å²) in [5.74, 6) is 0. The number of aliphatic hydroxyl groups excluding tert-OH is 1. The van der Waals surface area contributed by atoms with E-state index in [-0.39, 0.29) is 6.61 Å². The molecule has 0 bridgehead atoms. The molecule has 13 heavy (non-hydrogen) atoms. The number of rotatable bonds is 3.